The van der Waals surface area contributed by atoms with Crippen molar-refractivity contribution < 1.29 is 17.9 Å². The molecule has 8 heteroatoms. The summed E-state index contributed by atoms with van der Waals surface area (Å²) in [5.74, 6) is -0.297. The van der Waals surface area contributed by atoms with Gasteiger partial charge in [0.2, 0.25) is 10.0 Å². The summed E-state index contributed by atoms with van der Waals surface area (Å²) in [5, 5.41) is 2.93. The van der Waals surface area contributed by atoms with E-state index in [-0.39, 0.29) is 16.6 Å². The Morgan fingerprint density at radius 2 is 2.10 bits per heavy atom. The number of sulfonamides is 1. The molecular weight excluding hydrogens is 304 g/mol. The van der Waals surface area contributed by atoms with Crippen LogP contribution < -0.4 is 10.0 Å². The number of hydrogen-bond acceptors (Lipinski definition) is 4. The minimum Gasteiger partial charge on any atom is -0.385 e. The zero-order chi connectivity index (χ0) is 15.2. The standard InChI is InChI=1S/C12H17ClN2O4S/c1-19-7-3-6-14-12(16)9-4-5-10(13)11(8-9)15-20(2,17)18/h4-5,8,15H,3,6-7H2,1-2H3,(H,14,16). The van der Waals surface area contributed by atoms with Crippen molar-refractivity contribution in [1.29, 1.82) is 0 Å². The summed E-state index contributed by atoms with van der Waals surface area (Å²) in [7, 11) is -1.86. The first-order chi connectivity index (χ1) is 9.33. The minimum atomic E-state index is -3.45. The summed E-state index contributed by atoms with van der Waals surface area (Å²) in [5.41, 5.74) is 0.511. The Kier molecular flexibility index (Phi) is 6.25. The molecule has 0 saturated carbocycles. The molecule has 0 atom stereocenters. The van der Waals surface area contributed by atoms with E-state index in [2.05, 4.69) is 10.0 Å². The van der Waals surface area contributed by atoms with Gasteiger partial charge in [-0.3, -0.25) is 9.52 Å². The summed E-state index contributed by atoms with van der Waals surface area (Å²) in [6.07, 6.45) is 1.71. The fourth-order valence-electron chi connectivity index (χ4n) is 1.46. The van der Waals surface area contributed by atoms with Crippen LogP contribution in [0.2, 0.25) is 5.02 Å². The molecule has 0 aliphatic carbocycles. The van der Waals surface area contributed by atoms with Gasteiger partial charge in [0.25, 0.3) is 5.91 Å². The number of amides is 1. The number of methoxy groups -OCH3 is 1. The van der Waals surface area contributed by atoms with E-state index in [1.807, 2.05) is 0 Å². The van der Waals surface area contributed by atoms with Crippen LogP contribution in [0.25, 0.3) is 0 Å². The molecule has 20 heavy (non-hydrogen) atoms. The van der Waals surface area contributed by atoms with Crippen LogP contribution in [0.4, 0.5) is 5.69 Å². The molecule has 1 aromatic carbocycles. The van der Waals surface area contributed by atoms with Gasteiger partial charge in [0.15, 0.2) is 0 Å². The number of nitrogens with one attached hydrogen (secondary N) is 2. The van der Waals surface area contributed by atoms with Gasteiger partial charge in [0, 0.05) is 25.8 Å². The quantitative estimate of drug-likeness (QED) is 0.745. The highest BCUT2D eigenvalue weighted by Crippen LogP contribution is 2.23. The van der Waals surface area contributed by atoms with Crippen LogP contribution in [-0.4, -0.2) is 40.8 Å². The molecule has 0 saturated heterocycles. The topological polar surface area (TPSA) is 84.5 Å². The zero-order valence-corrected chi connectivity index (χ0v) is 12.8. The predicted octanol–water partition coefficient (Wildman–Crippen LogP) is 1.48. The van der Waals surface area contributed by atoms with Crippen molar-refractivity contribution >= 4 is 33.2 Å². The molecule has 2 N–H and O–H groups in total. The van der Waals surface area contributed by atoms with E-state index in [0.717, 1.165) is 6.26 Å². The van der Waals surface area contributed by atoms with Gasteiger partial charge in [0.1, 0.15) is 0 Å². The zero-order valence-electron chi connectivity index (χ0n) is 11.3. The summed E-state index contributed by atoms with van der Waals surface area (Å²) < 4.78 is 29.5. The Balaban J connectivity index is 2.76. The molecule has 0 fully saturated rings. The fourth-order valence-corrected chi connectivity index (χ4v) is 2.25. The second kappa shape index (κ2) is 7.47. The maximum absolute atomic E-state index is 11.9. The van der Waals surface area contributed by atoms with E-state index >= 15 is 0 Å². The van der Waals surface area contributed by atoms with E-state index in [9.17, 15) is 13.2 Å². The number of carbonyl (C=O) groups excluding carboxylic acids is 1. The molecule has 0 heterocycles. The van der Waals surface area contributed by atoms with Gasteiger partial charge in [-0.15, -0.1) is 0 Å². The maximum atomic E-state index is 11.9. The second-order valence-corrected chi connectivity index (χ2v) is 6.33. The van der Waals surface area contributed by atoms with Crippen molar-refractivity contribution in [3.05, 3.63) is 28.8 Å². The monoisotopic (exact) mass is 320 g/mol. The first kappa shape index (κ1) is 16.7. The average molecular weight is 321 g/mol. The van der Waals surface area contributed by atoms with Gasteiger partial charge in [-0.2, -0.15) is 0 Å². The molecule has 0 aliphatic heterocycles. The van der Waals surface area contributed by atoms with Crippen LogP contribution in [-0.2, 0) is 14.8 Å². The highest BCUT2D eigenvalue weighted by molar-refractivity contribution is 7.92. The average Bonchev–Trinajstić information content (AvgIpc) is 2.35. The molecule has 0 bridgehead atoms. The third-order valence-electron chi connectivity index (χ3n) is 2.33. The Morgan fingerprint density at radius 1 is 1.40 bits per heavy atom. The van der Waals surface area contributed by atoms with Crippen molar-refractivity contribution in [2.75, 3.05) is 31.2 Å². The van der Waals surface area contributed by atoms with Gasteiger partial charge in [-0.1, -0.05) is 11.6 Å². The number of benzene rings is 1. The minimum absolute atomic E-state index is 0.179. The molecule has 1 aromatic rings. The van der Waals surface area contributed by atoms with Crippen LogP contribution >= 0.6 is 11.6 Å². The van der Waals surface area contributed by atoms with Crippen LogP contribution in [0.15, 0.2) is 18.2 Å². The molecule has 0 unspecified atom stereocenters. The molecule has 6 nitrogen and oxygen atoms in total. The van der Waals surface area contributed by atoms with E-state index in [4.69, 9.17) is 16.3 Å². The fraction of sp³-hybridized carbons (Fsp3) is 0.417. The van der Waals surface area contributed by atoms with Crippen LogP contribution in [0, 0.1) is 0 Å². The van der Waals surface area contributed by atoms with Crippen molar-refractivity contribution in [3.63, 3.8) is 0 Å². The SMILES string of the molecule is COCCCNC(=O)c1ccc(Cl)c(NS(C)(=O)=O)c1. The lowest BCUT2D eigenvalue weighted by Gasteiger charge is -2.09. The number of rotatable bonds is 7. The predicted molar refractivity (Wildman–Crippen MR) is 78.7 cm³/mol. The molecule has 0 radical (unpaired) electrons. The largest absolute Gasteiger partial charge is 0.385 e. The van der Waals surface area contributed by atoms with Gasteiger partial charge in [-0.05, 0) is 24.6 Å². The maximum Gasteiger partial charge on any atom is 0.251 e. The Hall–Kier alpha value is -1.31. The second-order valence-electron chi connectivity index (χ2n) is 4.17. The van der Waals surface area contributed by atoms with Gasteiger partial charge < -0.3 is 10.1 Å². The van der Waals surface area contributed by atoms with Crippen LogP contribution in [0.5, 0.6) is 0 Å². The first-order valence-corrected chi connectivity index (χ1v) is 8.15. The normalized spacial score (nSPS) is 11.2. The summed E-state index contributed by atoms with van der Waals surface area (Å²) >= 11 is 5.88. The lowest BCUT2D eigenvalue weighted by molar-refractivity contribution is 0.0948. The number of carbonyl (C=O) groups is 1. The molecular formula is C12H17ClN2O4S. The Morgan fingerprint density at radius 3 is 2.70 bits per heavy atom. The van der Waals surface area contributed by atoms with E-state index < -0.39 is 10.0 Å². The molecule has 0 aromatic heterocycles. The Labute approximate surface area is 123 Å². The molecule has 0 spiro atoms. The van der Waals surface area contributed by atoms with Crippen molar-refractivity contribution in [3.8, 4) is 0 Å². The third-order valence-corrected chi connectivity index (χ3v) is 3.25. The van der Waals surface area contributed by atoms with Crippen molar-refractivity contribution in [2.45, 2.75) is 6.42 Å². The van der Waals surface area contributed by atoms with Crippen LogP contribution in [0.3, 0.4) is 0 Å². The number of ether oxygens (including phenoxy) is 1. The van der Waals surface area contributed by atoms with Crippen LogP contribution in [0.1, 0.15) is 16.8 Å². The summed E-state index contributed by atoms with van der Waals surface area (Å²) in [6.45, 7) is 1.03. The summed E-state index contributed by atoms with van der Waals surface area (Å²) in [6, 6.07) is 4.40. The summed E-state index contributed by atoms with van der Waals surface area (Å²) in [4.78, 5) is 11.9. The molecule has 1 rings (SSSR count). The first-order valence-electron chi connectivity index (χ1n) is 5.88. The van der Waals surface area contributed by atoms with E-state index in [1.54, 1.807) is 7.11 Å². The Bertz CT molecular complexity index is 575. The van der Waals surface area contributed by atoms with Gasteiger partial charge >= 0.3 is 0 Å². The molecule has 112 valence electrons. The van der Waals surface area contributed by atoms with Crippen molar-refractivity contribution in [2.24, 2.45) is 0 Å². The number of hydrogen-bond donors (Lipinski definition) is 2. The van der Waals surface area contributed by atoms with Gasteiger partial charge in [-0.25, -0.2) is 8.42 Å². The van der Waals surface area contributed by atoms with E-state index in [0.29, 0.717) is 25.1 Å². The van der Waals surface area contributed by atoms with E-state index in [1.165, 1.54) is 18.2 Å². The highest BCUT2D eigenvalue weighted by atomic mass is 35.5. The lowest BCUT2D eigenvalue weighted by atomic mass is 10.2. The third kappa shape index (κ3) is 5.77. The lowest BCUT2D eigenvalue weighted by Crippen LogP contribution is -2.25. The van der Waals surface area contributed by atoms with Gasteiger partial charge in [0.05, 0.1) is 17.0 Å². The highest BCUT2D eigenvalue weighted by Gasteiger charge is 2.11. The molecule has 0 aliphatic rings. The molecule has 1 amide bonds. The smallest absolute Gasteiger partial charge is 0.251 e. The van der Waals surface area contributed by atoms with Crippen molar-refractivity contribution in [1.82, 2.24) is 5.32 Å². The number of halogens is 1. The number of anilines is 1.